The third kappa shape index (κ3) is 9.20. The Labute approximate surface area is 163 Å². The fourth-order valence-electron chi connectivity index (χ4n) is 2.64. The van der Waals surface area contributed by atoms with Gasteiger partial charge in [-0.3, -0.25) is 9.59 Å². The number of hydrogen-bond acceptors (Lipinski definition) is 5. The molecule has 0 spiro atoms. The van der Waals surface area contributed by atoms with Gasteiger partial charge < -0.3 is 14.8 Å². The summed E-state index contributed by atoms with van der Waals surface area (Å²) in [6.45, 7) is 2.91. The molecule has 26 heavy (non-hydrogen) atoms. The lowest BCUT2D eigenvalue weighted by molar-refractivity contribution is -0.143. The molecule has 1 unspecified atom stereocenters. The molecule has 0 radical (unpaired) electrons. The van der Waals surface area contributed by atoms with E-state index in [0.29, 0.717) is 17.9 Å². The molecule has 148 valence electrons. The summed E-state index contributed by atoms with van der Waals surface area (Å²) in [6, 6.07) is 6.30. The lowest BCUT2D eigenvalue weighted by atomic mass is 10.0. The van der Waals surface area contributed by atoms with E-state index >= 15 is 0 Å². The Kier molecular flexibility index (Phi) is 13.7. The van der Waals surface area contributed by atoms with Crippen LogP contribution in [0.3, 0.4) is 0 Å². The molecule has 0 aliphatic carbocycles. The van der Waals surface area contributed by atoms with Crippen molar-refractivity contribution in [2.24, 2.45) is 0 Å². The molecule has 0 aliphatic rings. The zero-order chi connectivity index (χ0) is 18.5. The molecule has 1 aromatic carbocycles. The van der Waals surface area contributed by atoms with Crippen LogP contribution in [0, 0.1) is 0 Å². The van der Waals surface area contributed by atoms with E-state index in [9.17, 15) is 9.59 Å². The van der Waals surface area contributed by atoms with Crippen molar-refractivity contribution >= 4 is 24.2 Å². The van der Waals surface area contributed by atoms with Crippen LogP contribution in [0.2, 0.25) is 0 Å². The number of carbonyl (C=O) groups is 2. The summed E-state index contributed by atoms with van der Waals surface area (Å²) >= 11 is 0. The molecule has 0 aromatic heterocycles. The monoisotopic (exact) mass is 385 g/mol. The predicted octanol–water partition coefficient (Wildman–Crippen LogP) is 4.18. The number of hydrogen-bond donors (Lipinski definition) is 1. The summed E-state index contributed by atoms with van der Waals surface area (Å²) < 4.78 is 9.91. The summed E-state index contributed by atoms with van der Waals surface area (Å²) in [7, 11) is 2.93. The van der Waals surface area contributed by atoms with Gasteiger partial charge in [-0.25, -0.2) is 0 Å². The molecule has 0 saturated carbocycles. The Balaban J connectivity index is 0.00000625. The zero-order valence-electron chi connectivity index (χ0n) is 16.1. The molecule has 5 nitrogen and oxygen atoms in total. The Morgan fingerprint density at radius 3 is 2.19 bits per heavy atom. The fraction of sp³-hybridized carbons (Fsp3) is 0.600. The highest BCUT2D eigenvalue weighted by atomic mass is 35.5. The van der Waals surface area contributed by atoms with Crippen LogP contribution in [0.5, 0.6) is 5.75 Å². The maximum atomic E-state index is 12.4. The molecular weight excluding hydrogens is 354 g/mol. The first-order valence-corrected chi connectivity index (χ1v) is 9.10. The molecule has 0 amide bonds. The first-order valence-electron chi connectivity index (χ1n) is 9.10. The molecule has 1 atom stereocenters. The van der Waals surface area contributed by atoms with Crippen LogP contribution in [-0.4, -0.2) is 38.6 Å². The van der Waals surface area contributed by atoms with E-state index in [1.165, 1.54) is 32.8 Å². The first-order chi connectivity index (χ1) is 12.1. The predicted molar refractivity (Wildman–Crippen MR) is 106 cm³/mol. The Morgan fingerprint density at radius 1 is 1.00 bits per heavy atom. The topological polar surface area (TPSA) is 64.6 Å². The Morgan fingerprint density at radius 2 is 1.62 bits per heavy atom. The number of ether oxygens (including phenoxy) is 2. The molecule has 1 aromatic rings. The number of carbonyl (C=O) groups excluding carboxylic acids is 2. The van der Waals surface area contributed by atoms with Crippen LogP contribution in [0.15, 0.2) is 24.3 Å². The fourth-order valence-corrected chi connectivity index (χ4v) is 2.64. The van der Waals surface area contributed by atoms with Crippen molar-refractivity contribution in [1.29, 1.82) is 0 Å². The van der Waals surface area contributed by atoms with E-state index in [2.05, 4.69) is 12.2 Å². The molecule has 0 bridgehead atoms. The SMILES string of the molecule is CCCCCCCCNC(CC(=O)c1ccc(OC)cc1)C(=O)OC.Cl. The maximum Gasteiger partial charge on any atom is 0.323 e. The second-order valence-electron chi connectivity index (χ2n) is 6.15. The van der Waals surface area contributed by atoms with E-state index in [1.54, 1.807) is 31.4 Å². The van der Waals surface area contributed by atoms with Crippen molar-refractivity contribution in [2.75, 3.05) is 20.8 Å². The minimum atomic E-state index is -0.602. The van der Waals surface area contributed by atoms with Gasteiger partial charge in [0.25, 0.3) is 0 Å². The lowest BCUT2D eigenvalue weighted by Crippen LogP contribution is -2.40. The smallest absolute Gasteiger partial charge is 0.323 e. The van der Waals surface area contributed by atoms with E-state index in [-0.39, 0.29) is 24.6 Å². The van der Waals surface area contributed by atoms with Crippen LogP contribution in [0.25, 0.3) is 0 Å². The number of rotatable bonds is 13. The quantitative estimate of drug-likeness (QED) is 0.313. The first kappa shape index (κ1) is 24.4. The molecule has 6 heteroatoms. The highest BCUT2D eigenvalue weighted by Gasteiger charge is 2.22. The highest BCUT2D eigenvalue weighted by molar-refractivity contribution is 5.99. The molecule has 0 fully saturated rings. The van der Waals surface area contributed by atoms with Crippen molar-refractivity contribution in [2.45, 2.75) is 57.9 Å². The van der Waals surface area contributed by atoms with Crippen molar-refractivity contribution in [3.05, 3.63) is 29.8 Å². The molecule has 0 aliphatic heterocycles. The number of benzene rings is 1. The number of Topliss-reactive ketones (excluding diaryl/α,β-unsaturated/α-hetero) is 1. The van der Waals surface area contributed by atoms with Crippen molar-refractivity contribution < 1.29 is 19.1 Å². The van der Waals surface area contributed by atoms with E-state index in [0.717, 1.165) is 12.8 Å². The molecule has 0 saturated heterocycles. The second-order valence-corrected chi connectivity index (χ2v) is 6.15. The third-order valence-electron chi connectivity index (χ3n) is 4.21. The minimum absolute atomic E-state index is 0. The van der Waals surface area contributed by atoms with Crippen LogP contribution in [-0.2, 0) is 9.53 Å². The average Bonchev–Trinajstić information content (AvgIpc) is 2.65. The van der Waals surface area contributed by atoms with Crippen molar-refractivity contribution in [3.8, 4) is 5.75 Å². The normalized spacial score (nSPS) is 11.3. The maximum absolute atomic E-state index is 12.4. The average molecular weight is 386 g/mol. The van der Waals surface area contributed by atoms with Crippen molar-refractivity contribution in [3.63, 3.8) is 0 Å². The molecular formula is C20H32ClNO4. The molecule has 0 heterocycles. The van der Waals surface area contributed by atoms with E-state index in [1.807, 2.05) is 0 Å². The van der Waals surface area contributed by atoms with Gasteiger partial charge in [0.15, 0.2) is 5.78 Å². The number of halogens is 1. The Hall–Kier alpha value is -1.59. The van der Waals surface area contributed by atoms with Gasteiger partial charge in [-0.05, 0) is 37.2 Å². The van der Waals surface area contributed by atoms with Crippen LogP contribution < -0.4 is 10.1 Å². The minimum Gasteiger partial charge on any atom is -0.497 e. The van der Waals surface area contributed by atoms with Gasteiger partial charge >= 0.3 is 5.97 Å². The number of unbranched alkanes of at least 4 members (excludes halogenated alkanes) is 5. The second kappa shape index (κ2) is 14.6. The standard InChI is InChI=1S/C20H31NO4.ClH/c1-4-5-6-7-8-9-14-21-18(20(23)25-3)15-19(22)16-10-12-17(24-2)13-11-16;/h10-13,18,21H,4-9,14-15H2,1-3H3;1H. The third-order valence-corrected chi connectivity index (χ3v) is 4.21. The van der Waals surface area contributed by atoms with Gasteiger partial charge in [-0.2, -0.15) is 0 Å². The number of esters is 1. The Bertz CT molecular complexity index is 519. The van der Waals surface area contributed by atoms with Gasteiger partial charge in [0, 0.05) is 12.0 Å². The van der Waals surface area contributed by atoms with Gasteiger partial charge in [0.2, 0.25) is 0 Å². The summed E-state index contributed by atoms with van der Waals surface area (Å²) in [5.74, 6) is 0.212. The van der Waals surface area contributed by atoms with E-state index in [4.69, 9.17) is 9.47 Å². The highest BCUT2D eigenvalue weighted by Crippen LogP contribution is 2.14. The largest absolute Gasteiger partial charge is 0.497 e. The molecule has 1 N–H and O–H groups in total. The zero-order valence-corrected chi connectivity index (χ0v) is 16.9. The van der Waals surface area contributed by atoms with Crippen LogP contribution in [0.1, 0.15) is 62.2 Å². The van der Waals surface area contributed by atoms with Crippen LogP contribution >= 0.6 is 12.4 Å². The number of ketones is 1. The number of methoxy groups -OCH3 is 2. The summed E-state index contributed by atoms with van der Waals surface area (Å²) in [6.07, 6.45) is 7.19. The van der Waals surface area contributed by atoms with Gasteiger partial charge in [0.05, 0.1) is 14.2 Å². The van der Waals surface area contributed by atoms with Gasteiger partial charge in [0.1, 0.15) is 11.8 Å². The number of nitrogens with one attached hydrogen (secondary N) is 1. The van der Waals surface area contributed by atoms with Gasteiger partial charge in [-0.15, -0.1) is 12.4 Å². The van der Waals surface area contributed by atoms with E-state index < -0.39 is 12.0 Å². The summed E-state index contributed by atoms with van der Waals surface area (Å²) in [5, 5.41) is 3.16. The lowest BCUT2D eigenvalue weighted by Gasteiger charge is -2.16. The van der Waals surface area contributed by atoms with Gasteiger partial charge in [-0.1, -0.05) is 39.0 Å². The van der Waals surface area contributed by atoms with Crippen molar-refractivity contribution in [1.82, 2.24) is 5.32 Å². The van der Waals surface area contributed by atoms with Crippen LogP contribution in [0.4, 0.5) is 0 Å². The molecule has 1 rings (SSSR count). The summed E-state index contributed by atoms with van der Waals surface area (Å²) in [5.41, 5.74) is 0.566. The summed E-state index contributed by atoms with van der Waals surface area (Å²) in [4.78, 5) is 24.3.